The average Bonchev–Trinajstić information content (AvgIpc) is 2.91. The third kappa shape index (κ3) is 3.35. The molecule has 0 saturated carbocycles. The zero-order valence-electron chi connectivity index (χ0n) is 11.4. The summed E-state index contributed by atoms with van der Waals surface area (Å²) in [5.41, 5.74) is 1.21. The Morgan fingerprint density at radius 3 is 3.11 bits per heavy atom. The molecule has 1 saturated heterocycles. The van der Waals surface area contributed by atoms with E-state index in [-0.39, 0.29) is 0 Å². The minimum absolute atomic E-state index is 0.621. The van der Waals surface area contributed by atoms with E-state index in [2.05, 4.69) is 28.2 Å². The Bertz CT molecular complexity index is 364. The van der Waals surface area contributed by atoms with Gasteiger partial charge in [-0.1, -0.05) is 6.92 Å². The predicted octanol–water partition coefficient (Wildman–Crippen LogP) is 2.06. The normalized spacial score (nSPS) is 18.9. The fraction of sp³-hybridized carbons (Fsp3) is 0.643. The topological polar surface area (TPSA) is 37.4 Å². The zero-order valence-corrected chi connectivity index (χ0v) is 11.4. The third-order valence-corrected chi connectivity index (χ3v) is 3.39. The lowest BCUT2D eigenvalue weighted by Crippen LogP contribution is -2.38. The zero-order chi connectivity index (χ0) is 12.8. The monoisotopic (exact) mass is 249 g/mol. The Morgan fingerprint density at radius 1 is 1.56 bits per heavy atom. The molecule has 0 aromatic carbocycles. The Balaban J connectivity index is 2.06. The standard InChI is InChI=1S/C14H23N3O/c1-3-9-17(11-12-5-4-7-15-12)13-6-8-16-14(10-13)18-2/h6,8,10,12,15H,3-5,7,9,11H2,1-2H3. The summed E-state index contributed by atoms with van der Waals surface area (Å²) in [6.07, 6.45) is 5.54. The molecule has 1 aromatic rings. The van der Waals surface area contributed by atoms with Gasteiger partial charge in [0.25, 0.3) is 0 Å². The summed E-state index contributed by atoms with van der Waals surface area (Å²) in [7, 11) is 1.66. The van der Waals surface area contributed by atoms with Gasteiger partial charge in [0.2, 0.25) is 5.88 Å². The summed E-state index contributed by atoms with van der Waals surface area (Å²) in [6, 6.07) is 4.70. The molecule has 1 unspecified atom stereocenters. The van der Waals surface area contributed by atoms with Crippen LogP contribution in [0.25, 0.3) is 0 Å². The van der Waals surface area contributed by atoms with E-state index in [9.17, 15) is 0 Å². The number of anilines is 1. The molecule has 4 heteroatoms. The number of methoxy groups -OCH3 is 1. The number of hydrogen-bond acceptors (Lipinski definition) is 4. The maximum atomic E-state index is 5.20. The highest BCUT2D eigenvalue weighted by atomic mass is 16.5. The van der Waals surface area contributed by atoms with Crippen LogP contribution in [0, 0.1) is 0 Å². The summed E-state index contributed by atoms with van der Waals surface area (Å²) in [5, 5.41) is 3.56. The molecule has 1 fully saturated rings. The summed E-state index contributed by atoms with van der Waals surface area (Å²) in [5.74, 6) is 0.688. The van der Waals surface area contributed by atoms with Gasteiger partial charge in [-0.2, -0.15) is 0 Å². The van der Waals surface area contributed by atoms with Crippen LogP contribution in [0.4, 0.5) is 5.69 Å². The first-order valence-corrected chi connectivity index (χ1v) is 6.82. The predicted molar refractivity (Wildman–Crippen MR) is 74.3 cm³/mol. The van der Waals surface area contributed by atoms with Crippen LogP contribution in [-0.4, -0.2) is 37.8 Å². The van der Waals surface area contributed by atoms with Crippen LogP contribution in [0.15, 0.2) is 18.3 Å². The molecular formula is C14H23N3O. The molecule has 0 spiro atoms. The third-order valence-electron chi connectivity index (χ3n) is 3.39. The fourth-order valence-electron chi connectivity index (χ4n) is 2.48. The maximum absolute atomic E-state index is 5.20. The first-order valence-electron chi connectivity index (χ1n) is 6.82. The molecule has 2 rings (SSSR count). The quantitative estimate of drug-likeness (QED) is 0.837. The van der Waals surface area contributed by atoms with Crippen molar-refractivity contribution in [3.8, 4) is 5.88 Å². The van der Waals surface area contributed by atoms with Crippen LogP contribution in [0.5, 0.6) is 5.88 Å². The molecule has 0 aliphatic carbocycles. The molecule has 1 atom stereocenters. The van der Waals surface area contributed by atoms with Crippen molar-refractivity contribution >= 4 is 5.69 Å². The van der Waals surface area contributed by atoms with Crippen molar-refractivity contribution < 1.29 is 4.74 Å². The number of nitrogens with zero attached hydrogens (tertiary/aromatic N) is 2. The molecule has 1 aliphatic heterocycles. The van der Waals surface area contributed by atoms with Gasteiger partial charge in [0.15, 0.2) is 0 Å². The smallest absolute Gasteiger partial charge is 0.214 e. The van der Waals surface area contributed by atoms with Crippen LogP contribution in [0.2, 0.25) is 0 Å². The molecular weight excluding hydrogens is 226 g/mol. The van der Waals surface area contributed by atoms with Gasteiger partial charge in [-0.3, -0.25) is 0 Å². The van der Waals surface area contributed by atoms with Crippen molar-refractivity contribution in [2.75, 3.05) is 31.6 Å². The number of nitrogens with one attached hydrogen (secondary N) is 1. The molecule has 100 valence electrons. The summed E-state index contributed by atoms with van der Waals surface area (Å²) < 4.78 is 5.20. The molecule has 0 amide bonds. The molecule has 1 aromatic heterocycles. The van der Waals surface area contributed by atoms with Gasteiger partial charge in [0, 0.05) is 37.1 Å². The summed E-state index contributed by atoms with van der Waals surface area (Å²) in [4.78, 5) is 6.59. The Morgan fingerprint density at radius 2 is 2.44 bits per heavy atom. The highest BCUT2D eigenvalue weighted by molar-refractivity contribution is 5.48. The SMILES string of the molecule is CCCN(CC1CCCN1)c1ccnc(OC)c1. The number of pyridine rings is 1. The van der Waals surface area contributed by atoms with E-state index in [1.807, 2.05) is 12.3 Å². The number of aromatic nitrogens is 1. The summed E-state index contributed by atoms with van der Waals surface area (Å²) >= 11 is 0. The minimum atomic E-state index is 0.621. The maximum Gasteiger partial charge on any atom is 0.214 e. The van der Waals surface area contributed by atoms with Crippen LogP contribution < -0.4 is 15.0 Å². The van der Waals surface area contributed by atoms with E-state index in [0.717, 1.165) is 26.1 Å². The largest absolute Gasteiger partial charge is 0.481 e. The van der Waals surface area contributed by atoms with Gasteiger partial charge >= 0.3 is 0 Å². The van der Waals surface area contributed by atoms with Gasteiger partial charge in [0.05, 0.1) is 7.11 Å². The van der Waals surface area contributed by atoms with E-state index < -0.39 is 0 Å². The van der Waals surface area contributed by atoms with Crippen LogP contribution >= 0.6 is 0 Å². The molecule has 4 nitrogen and oxygen atoms in total. The van der Waals surface area contributed by atoms with E-state index >= 15 is 0 Å². The lowest BCUT2D eigenvalue weighted by atomic mass is 10.2. The minimum Gasteiger partial charge on any atom is -0.481 e. The van der Waals surface area contributed by atoms with Crippen LogP contribution in [0.3, 0.4) is 0 Å². The molecule has 2 heterocycles. The van der Waals surface area contributed by atoms with Gasteiger partial charge < -0.3 is 15.0 Å². The van der Waals surface area contributed by atoms with Crippen molar-refractivity contribution in [3.05, 3.63) is 18.3 Å². The Kier molecular flexibility index (Phi) is 4.81. The number of hydrogen-bond donors (Lipinski definition) is 1. The highest BCUT2D eigenvalue weighted by Gasteiger charge is 2.18. The van der Waals surface area contributed by atoms with E-state index in [1.54, 1.807) is 7.11 Å². The number of ether oxygens (including phenoxy) is 1. The second-order valence-corrected chi connectivity index (χ2v) is 4.80. The molecule has 1 aliphatic rings. The van der Waals surface area contributed by atoms with Crippen molar-refractivity contribution in [1.29, 1.82) is 0 Å². The van der Waals surface area contributed by atoms with Crippen molar-refractivity contribution in [2.24, 2.45) is 0 Å². The lowest BCUT2D eigenvalue weighted by Gasteiger charge is -2.27. The Hall–Kier alpha value is -1.29. The second kappa shape index (κ2) is 6.59. The lowest BCUT2D eigenvalue weighted by molar-refractivity contribution is 0.398. The van der Waals surface area contributed by atoms with Gasteiger partial charge in [0.1, 0.15) is 0 Å². The Labute approximate surface area is 109 Å². The van der Waals surface area contributed by atoms with Gasteiger partial charge in [-0.15, -0.1) is 0 Å². The van der Waals surface area contributed by atoms with Crippen molar-refractivity contribution in [2.45, 2.75) is 32.2 Å². The van der Waals surface area contributed by atoms with Gasteiger partial charge in [-0.05, 0) is 31.9 Å². The van der Waals surface area contributed by atoms with Gasteiger partial charge in [-0.25, -0.2) is 4.98 Å². The van der Waals surface area contributed by atoms with Crippen molar-refractivity contribution in [3.63, 3.8) is 0 Å². The fourth-order valence-corrected chi connectivity index (χ4v) is 2.48. The average molecular weight is 249 g/mol. The molecule has 1 N–H and O–H groups in total. The first-order chi connectivity index (χ1) is 8.83. The summed E-state index contributed by atoms with van der Waals surface area (Å²) in [6.45, 7) is 5.52. The van der Waals surface area contributed by atoms with Crippen LogP contribution in [0.1, 0.15) is 26.2 Å². The second-order valence-electron chi connectivity index (χ2n) is 4.80. The molecule has 0 radical (unpaired) electrons. The van der Waals surface area contributed by atoms with E-state index in [1.165, 1.54) is 18.5 Å². The molecule has 0 bridgehead atoms. The highest BCUT2D eigenvalue weighted by Crippen LogP contribution is 2.20. The van der Waals surface area contributed by atoms with Crippen LogP contribution in [-0.2, 0) is 0 Å². The number of rotatable bonds is 6. The molecule has 18 heavy (non-hydrogen) atoms. The van der Waals surface area contributed by atoms with Crippen molar-refractivity contribution in [1.82, 2.24) is 10.3 Å². The first kappa shape index (κ1) is 13.1. The van der Waals surface area contributed by atoms with E-state index in [0.29, 0.717) is 11.9 Å². The van der Waals surface area contributed by atoms with E-state index in [4.69, 9.17) is 4.74 Å².